The molecule has 2 amide bonds. The fourth-order valence-electron chi connectivity index (χ4n) is 1.75. The minimum Gasteiger partial charge on any atom is -0.325 e. The third kappa shape index (κ3) is 3.62. The van der Waals surface area contributed by atoms with Gasteiger partial charge in [0.15, 0.2) is 0 Å². The second-order valence-electron chi connectivity index (χ2n) is 4.31. The van der Waals surface area contributed by atoms with Crippen LogP contribution in [0.15, 0.2) is 42.5 Å². The van der Waals surface area contributed by atoms with Crippen molar-refractivity contribution >= 4 is 23.2 Å². The van der Waals surface area contributed by atoms with Crippen LogP contribution >= 0.6 is 0 Å². The van der Waals surface area contributed by atoms with Gasteiger partial charge in [-0.2, -0.15) is 0 Å². The molecule has 0 aliphatic carbocycles. The highest BCUT2D eigenvalue weighted by molar-refractivity contribution is 6.07. The molecular weight excluding hydrogens is 278 g/mol. The molecule has 4 nitrogen and oxygen atoms in total. The first kappa shape index (κ1) is 14.6. The van der Waals surface area contributed by atoms with Gasteiger partial charge in [0.2, 0.25) is 5.91 Å². The summed E-state index contributed by atoms with van der Waals surface area (Å²) in [6, 6.07) is 8.92. The Bertz CT molecular complexity index is 702. The fraction of sp³-hybridized carbons (Fsp3) is 0.0667. The lowest BCUT2D eigenvalue weighted by Gasteiger charge is -2.12. The van der Waals surface area contributed by atoms with Crippen molar-refractivity contribution in [3.05, 3.63) is 59.7 Å². The smallest absolute Gasteiger partial charge is 0.258 e. The SMILES string of the molecule is CC(=O)Nc1ccc(F)cc1NC(=O)c1ccccc1F. The molecular formula is C15H12F2N2O2. The largest absolute Gasteiger partial charge is 0.325 e. The van der Waals surface area contributed by atoms with Gasteiger partial charge in [0.25, 0.3) is 5.91 Å². The standard InChI is InChI=1S/C15H12F2N2O2/c1-9(20)18-13-7-6-10(16)8-14(13)19-15(21)11-4-2-3-5-12(11)17/h2-8H,1H3,(H,18,20)(H,19,21). The van der Waals surface area contributed by atoms with Crippen molar-refractivity contribution in [3.63, 3.8) is 0 Å². The normalized spacial score (nSPS) is 10.0. The summed E-state index contributed by atoms with van der Waals surface area (Å²) in [4.78, 5) is 23.1. The van der Waals surface area contributed by atoms with E-state index in [4.69, 9.17) is 0 Å². The summed E-state index contributed by atoms with van der Waals surface area (Å²) in [6.07, 6.45) is 0. The molecule has 21 heavy (non-hydrogen) atoms. The highest BCUT2D eigenvalue weighted by Crippen LogP contribution is 2.23. The first-order valence-corrected chi connectivity index (χ1v) is 6.10. The molecule has 2 rings (SSSR count). The Morgan fingerprint density at radius 2 is 1.67 bits per heavy atom. The zero-order valence-electron chi connectivity index (χ0n) is 11.1. The van der Waals surface area contributed by atoms with Crippen LogP contribution in [-0.2, 0) is 4.79 Å². The van der Waals surface area contributed by atoms with Crippen LogP contribution in [0.1, 0.15) is 17.3 Å². The van der Waals surface area contributed by atoms with Gasteiger partial charge in [0.05, 0.1) is 16.9 Å². The van der Waals surface area contributed by atoms with Crippen LogP contribution in [0.25, 0.3) is 0 Å². The zero-order valence-corrected chi connectivity index (χ0v) is 11.1. The molecule has 0 atom stereocenters. The average Bonchev–Trinajstić information content (AvgIpc) is 2.42. The van der Waals surface area contributed by atoms with Crippen molar-refractivity contribution in [2.45, 2.75) is 6.92 Å². The summed E-state index contributed by atoms with van der Waals surface area (Å²) in [5.74, 6) is -2.38. The topological polar surface area (TPSA) is 58.2 Å². The third-order valence-corrected chi connectivity index (χ3v) is 2.66. The van der Waals surface area contributed by atoms with Crippen LogP contribution in [0.3, 0.4) is 0 Å². The second kappa shape index (κ2) is 6.13. The number of carbonyl (C=O) groups is 2. The van der Waals surface area contributed by atoms with Crippen molar-refractivity contribution in [1.82, 2.24) is 0 Å². The maximum atomic E-state index is 13.5. The van der Waals surface area contributed by atoms with Gasteiger partial charge < -0.3 is 10.6 Å². The summed E-state index contributed by atoms with van der Waals surface area (Å²) in [6.45, 7) is 1.28. The van der Waals surface area contributed by atoms with Gasteiger partial charge in [0.1, 0.15) is 11.6 Å². The molecule has 0 bridgehead atoms. The number of nitrogens with one attached hydrogen (secondary N) is 2. The molecule has 6 heteroatoms. The van der Waals surface area contributed by atoms with E-state index in [-0.39, 0.29) is 22.8 Å². The maximum absolute atomic E-state index is 13.5. The Balaban J connectivity index is 2.30. The maximum Gasteiger partial charge on any atom is 0.258 e. The van der Waals surface area contributed by atoms with Gasteiger partial charge in [-0.25, -0.2) is 8.78 Å². The Morgan fingerprint density at radius 3 is 2.33 bits per heavy atom. The van der Waals surface area contributed by atoms with Crippen molar-refractivity contribution in [2.75, 3.05) is 10.6 Å². The summed E-state index contributed by atoms with van der Waals surface area (Å²) < 4.78 is 26.8. The Morgan fingerprint density at radius 1 is 0.952 bits per heavy atom. The van der Waals surface area contributed by atoms with E-state index < -0.39 is 17.5 Å². The second-order valence-corrected chi connectivity index (χ2v) is 4.31. The molecule has 0 aliphatic rings. The predicted molar refractivity (Wildman–Crippen MR) is 75.1 cm³/mol. The molecule has 108 valence electrons. The van der Waals surface area contributed by atoms with Crippen molar-refractivity contribution < 1.29 is 18.4 Å². The van der Waals surface area contributed by atoms with E-state index in [2.05, 4.69) is 10.6 Å². The summed E-state index contributed by atoms with van der Waals surface area (Å²) >= 11 is 0. The number of benzene rings is 2. The van der Waals surface area contributed by atoms with Crippen molar-refractivity contribution in [2.24, 2.45) is 0 Å². The zero-order chi connectivity index (χ0) is 15.4. The Kier molecular flexibility index (Phi) is 4.27. The minimum absolute atomic E-state index is 0.0541. The lowest BCUT2D eigenvalue weighted by molar-refractivity contribution is -0.114. The highest BCUT2D eigenvalue weighted by atomic mass is 19.1. The molecule has 0 spiro atoms. The van der Waals surface area contributed by atoms with Crippen molar-refractivity contribution in [1.29, 1.82) is 0 Å². The van der Waals surface area contributed by atoms with Gasteiger partial charge in [-0.15, -0.1) is 0 Å². The van der Waals surface area contributed by atoms with E-state index in [0.29, 0.717) is 0 Å². The molecule has 0 saturated carbocycles. The summed E-state index contributed by atoms with van der Waals surface area (Å²) in [7, 11) is 0. The quantitative estimate of drug-likeness (QED) is 0.912. The Labute approximate surface area is 119 Å². The van der Waals surface area contributed by atoms with Gasteiger partial charge in [-0.05, 0) is 30.3 Å². The Hall–Kier alpha value is -2.76. The van der Waals surface area contributed by atoms with Crippen LogP contribution in [0, 0.1) is 11.6 Å². The lowest BCUT2D eigenvalue weighted by Crippen LogP contribution is -2.16. The van der Waals surface area contributed by atoms with Crippen LogP contribution in [0.5, 0.6) is 0 Å². The van der Waals surface area contributed by atoms with Gasteiger partial charge >= 0.3 is 0 Å². The van der Waals surface area contributed by atoms with Crippen LogP contribution < -0.4 is 10.6 Å². The molecule has 0 fully saturated rings. The van der Waals surface area contributed by atoms with E-state index in [1.165, 1.54) is 31.2 Å². The van der Waals surface area contributed by atoms with E-state index in [1.54, 1.807) is 0 Å². The number of hydrogen-bond acceptors (Lipinski definition) is 2. The first-order valence-electron chi connectivity index (χ1n) is 6.10. The summed E-state index contributed by atoms with van der Waals surface area (Å²) in [5, 5.41) is 4.84. The highest BCUT2D eigenvalue weighted by Gasteiger charge is 2.14. The molecule has 0 saturated heterocycles. The number of rotatable bonds is 3. The predicted octanol–water partition coefficient (Wildman–Crippen LogP) is 3.18. The van der Waals surface area contributed by atoms with E-state index >= 15 is 0 Å². The number of halogens is 2. The molecule has 2 N–H and O–H groups in total. The molecule has 2 aromatic rings. The van der Waals surface area contributed by atoms with Crippen LogP contribution in [0.4, 0.5) is 20.2 Å². The van der Waals surface area contributed by atoms with E-state index in [9.17, 15) is 18.4 Å². The molecule has 0 unspecified atom stereocenters. The van der Waals surface area contributed by atoms with Gasteiger partial charge in [-0.1, -0.05) is 12.1 Å². The van der Waals surface area contributed by atoms with Gasteiger partial charge in [0, 0.05) is 6.92 Å². The molecule has 0 radical (unpaired) electrons. The lowest BCUT2D eigenvalue weighted by atomic mass is 10.2. The van der Waals surface area contributed by atoms with Crippen LogP contribution in [-0.4, -0.2) is 11.8 Å². The molecule has 2 aromatic carbocycles. The number of amides is 2. The van der Waals surface area contributed by atoms with E-state index in [0.717, 1.165) is 18.2 Å². The third-order valence-electron chi connectivity index (χ3n) is 2.66. The molecule has 0 aromatic heterocycles. The first-order chi connectivity index (χ1) is 9.97. The number of carbonyl (C=O) groups excluding carboxylic acids is 2. The van der Waals surface area contributed by atoms with Crippen molar-refractivity contribution in [3.8, 4) is 0 Å². The monoisotopic (exact) mass is 290 g/mol. The number of anilines is 2. The molecule has 0 heterocycles. The molecule has 0 aliphatic heterocycles. The van der Waals surface area contributed by atoms with E-state index in [1.807, 2.05) is 0 Å². The van der Waals surface area contributed by atoms with Crippen LogP contribution in [0.2, 0.25) is 0 Å². The average molecular weight is 290 g/mol. The minimum atomic E-state index is -0.731. The summed E-state index contributed by atoms with van der Waals surface area (Å²) in [5.41, 5.74) is 0.113. The number of hydrogen-bond donors (Lipinski definition) is 2. The fourth-order valence-corrected chi connectivity index (χ4v) is 1.75. The van der Waals surface area contributed by atoms with Gasteiger partial charge in [-0.3, -0.25) is 9.59 Å².